The van der Waals surface area contributed by atoms with E-state index in [-0.39, 0.29) is 42.3 Å². The van der Waals surface area contributed by atoms with Gasteiger partial charge in [-0.15, -0.1) is 0 Å². The van der Waals surface area contributed by atoms with Crippen molar-refractivity contribution in [2.45, 2.75) is 68.6 Å². The smallest absolute Gasteiger partial charge is 0.451 e. The normalized spacial score (nSPS) is 21.6. The van der Waals surface area contributed by atoms with Gasteiger partial charge in [0.1, 0.15) is 11.9 Å². The predicted octanol–water partition coefficient (Wildman–Crippen LogP) is 3.99. The fourth-order valence-electron chi connectivity index (χ4n) is 8.30. The monoisotopic (exact) mass is 856 g/mol. The largest absolute Gasteiger partial charge is 0.490 e. The quantitative estimate of drug-likeness (QED) is 0.125. The molecule has 3 aliphatic rings. The molecule has 0 radical (unpaired) electrons. The Morgan fingerprint density at radius 3 is 2.27 bits per heavy atom. The second-order valence-electron chi connectivity index (χ2n) is 15.5. The number of benzene rings is 2. The standard InChI is InChI=1S/C43H47F3N10O6/c1-2-34(57)51-31-21-32(36(58)37(31)62-41(60)43(44,45)46)56-25-49-35-38(48-23-30(26-9-5-3-6-10-26)27-11-7-4-8-12-27)52-42(53-39(35)56)55-16-15-29(24-55)50-40(59)28-13-14-33(47-22-28)54-17-19-61-20-18-54/h3-14,22,25,29-32,36-37,58H,2,15-21,23-24H2,1H3,(H,50,59)(H,51,57)(H,48,52,53)/t29-,31+,32-,36+,37-/m1/s1. The number of halogens is 3. The van der Waals surface area contributed by atoms with Gasteiger partial charge in [-0.05, 0) is 36.1 Å². The summed E-state index contributed by atoms with van der Waals surface area (Å²) in [5.41, 5.74) is 3.10. The molecular weight excluding hydrogens is 810 g/mol. The van der Waals surface area contributed by atoms with Gasteiger partial charge < -0.3 is 44.9 Å². The molecule has 62 heavy (non-hydrogen) atoms. The first-order valence-corrected chi connectivity index (χ1v) is 20.6. The van der Waals surface area contributed by atoms with Crippen molar-refractivity contribution in [2.75, 3.05) is 61.1 Å². The molecule has 0 bridgehead atoms. The molecule has 5 atom stereocenters. The number of hydrogen-bond acceptors (Lipinski definition) is 13. The average Bonchev–Trinajstić information content (AvgIpc) is 4.02. The lowest BCUT2D eigenvalue weighted by atomic mass is 9.91. The van der Waals surface area contributed by atoms with Crippen LogP contribution in [0.5, 0.6) is 0 Å². The van der Waals surface area contributed by atoms with Crippen molar-refractivity contribution in [1.29, 1.82) is 0 Å². The lowest BCUT2D eigenvalue weighted by molar-refractivity contribution is -0.209. The van der Waals surface area contributed by atoms with Crippen molar-refractivity contribution >= 4 is 46.5 Å². The van der Waals surface area contributed by atoms with Crippen LogP contribution in [0.3, 0.4) is 0 Å². The van der Waals surface area contributed by atoms with Crippen LogP contribution in [0.4, 0.5) is 30.8 Å². The molecule has 2 saturated heterocycles. The number of carbonyl (C=O) groups is 3. The molecule has 2 amide bonds. The topological polar surface area (TPSA) is 189 Å². The van der Waals surface area contributed by atoms with Gasteiger partial charge in [-0.25, -0.2) is 14.8 Å². The third-order valence-electron chi connectivity index (χ3n) is 11.6. The summed E-state index contributed by atoms with van der Waals surface area (Å²) in [5.74, 6) is -1.93. The fraction of sp³-hybridized carbons (Fsp3) is 0.419. The van der Waals surface area contributed by atoms with Gasteiger partial charge in [0.05, 0.1) is 37.2 Å². The van der Waals surface area contributed by atoms with E-state index in [9.17, 15) is 32.7 Å². The third-order valence-corrected chi connectivity index (χ3v) is 11.6. The van der Waals surface area contributed by atoms with E-state index in [0.29, 0.717) is 56.2 Å². The number of aromatic nitrogens is 5. The van der Waals surface area contributed by atoms with Crippen molar-refractivity contribution < 1.29 is 42.1 Å². The number of ether oxygens (including phenoxy) is 2. The molecule has 326 valence electrons. The van der Waals surface area contributed by atoms with E-state index in [2.05, 4.69) is 30.8 Å². The molecule has 19 heteroatoms. The van der Waals surface area contributed by atoms with Crippen LogP contribution in [0.1, 0.15) is 59.6 Å². The maximum Gasteiger partial charge on any atom is 0.490 e. The molecule has 2 aromatic carbocycles. The summed E-state index contributed by atoms with van der Waals surface area (Å²) in [6.07, 6.45) is -5.26. The first kappa shape index (κ1) is 42.4. The Morgan fingerprint density at radius 1 is 0.919 bits per heavy atom. The van der Waals surface area contributed by atoms with Crippen LogP contribution in [0.15, 0.2) is 85.3 Å². The Balaban J connectivity index is 1.09. The van der Waals surface area contributed by atoms with E-state index < -0.39 is 42.3 Å². The van der Waals surface area contributed by atoms with Crippen molar-refractivity contribution in [3.63, 3.8) is 0 Å². The highest BCUT2D eigenvalue weighted by Gasteiger charge is 2.51. The van der Waals surface area contributed by atoms with Crippen molar-refractivity contribution in [1.82, 2.24) is 35.1 Å². The number of morpholine rings is 1. The zero-order valence-electron chi connectivity index (χ0n) is 33.9. The number of aliphatic hydroxyl groups excluding tert-OH is 1. The molecule has 1 aliphatic carbocycles. The highest BCUT2D eigenvalue weighted by Crippen LogP contribution is 2.38. The van der Waals surface area contributed by atoms with Crippen molar-refractivity contribution in [3.8, 4) is 0 Å². The lowest BCUT2D eigenvalue weighted by Crippen LogP contribution is -2.47. The summed E-state index contributed by atoms with van der Waals surface area (Å²) in [5, 5.41) is 20.8. The average molecular weight is 857 g/mol. The second-order valence-corrected chi connectivity index (χ2v) is 15.5. The van der Waals surface area contributed by atoms with E-state index in [1.165, 1.54) is 10.9 Å². The number of alkyl halides is 3. The van der Waals surface area contributed by atoms with Crippen LogP contribution in [-0.4, -0.2) is 124 Å². The molecule has 4 N–H and O–H groups in total. The molecule has 0 spiro atoms. The summed E-state index contributed by atoms with van der Waals surface area (Å²) >= 11 is 0. The zero-order valence-corrected chi connectivity index (χ0v) is 33.9. The van der Waals surface area contributed by atoms with E-state index >= 15 is 0 Å². The van der Waals surface area contributed by atoms with Crippen LogP contribution in [-0.2, 0) is 19.1 Å². The number of anilines is 3. The molecule has 2 aliphatic heterocycles. The number of hydrogen-bond donors (Lipinski definition) is 4. The lowest BCUT2D eigenvalue weighted by Gasteiger charge is -2.27. The molecule has 3 fully saturated rings. The molecule has 1 saturated carbocycles. The SMILES string of the molecule is CCC(=O)N[C@H]1C[C@@H](n2cnc3c(NCC(c4ccccc4)c4ccccc4)nc(N4CC[C@@H](NC(=O)c5ccc(N6CCOCC6)nc5)C4)nc32)[C@H](O)[C@@H]1OC(=O)C(F)(F)F. The highest BCUT2D eigenvalue weighted by molar-refractivity contribution is 5.94. The number of fused-ring (bicyclic) bond motifs is 1. The Morgan fingerprint density at radius 2 is 1.63 bits per heavy atom. The minimum Gasteiger partial charge on any atom is -0.451 e. The maximum atomic E-state index is 13.4. The molecule has 16 nitrogen and oxygen atoms in total. The number of imidazole rings is 1. The Hall–Kier alpha value is -6.34. The van der Waals surface area contributed by atoms with E-state index in [0.717, 1.165) is 30.0 Å². The summed E-state index contributed by atoms with van der Waals surface area (Å²) in [7, 11) is 0. The number of carbonyl (C=O) groups excluding carboxylic acids is 3. The van der Waals surface area contributed by atoms with E-state index in [1.54, 1.807) is 19.2 Å². The molecule has 0 unspecified atom stereocenters. The van der Waals surface area contributed by atoms with Crippen LogP contribution in [0.2, 0.25) is 0 Å². The van der Waals surface area contributed by atoms with Gasteiger partial charge in [-0.3, -0.25) is 9.59 Å². The molecule has 5 heterocycles. The van der Waals surface area contributed by atoms with Crippen molar-refractivity contribution in [2.24, 2.45) is 0 Å². The molecular formula is C43H47F3N10O6. The minimum absolute atomic E-state index is 0.0131. The minimum atomic E-state index is -5.32. The Labute approximate surface area is 354 Å². The number of esters is 1. The van der Waals surface area contributed by atoms with E-state index in [1.807, 2.05) is 71.6 Å². The summed E-state index contributed by atoms with van der Waals surface area (Å²) in [6.45, 7) is 5.46. The van der Waals surface area contributed by atoms with Gasteiger partial charge in [0.2, 0.25) is 11.9 Å². The molecule has 5 aromatic rings. The van der Waals surface area contributed by atoms with Gasteiger partial charge in [0, 0.05) is 57.3 Å². The fourth-order valence-corrected chi connectivity index (χ4v) is 8.30. The summed E-state index contributed by atoms with van der Waals surface area (Å²) in [4.78, 5) is 60.9. The number of aliphatic hydroxyl groups is 1. The number of pyridine rings is 1. The Bertz CT molecular complexity index is 2310. The number of nitrogens with zero attached hydrogens (tertiary/aromatic N) is 7. The van der Waals surface area contributed by atoms with Gasteiger partial charge in [-0.1, -0.05) is 67.6 Å². The zero-order chi connectivity index (χ0) is 43.4. The van der Waals surface area contributed by atoms with Gasteiger partial charge in [-0.2, -0.15) is 23.1 Å². The molecule has 3 aromatic heterocycles. The summed E-state index contributed by atoms with van der Waals surface area (Å²) in [6, 6.07) is 21.1. The number of nitrogens with one attached hydrogen (secondary N) is 3. The van der Waals surface area contributed by atoms with Crippen LogP contribution in [0, 0.1) is 0 Å². The highest BCUT2D eigenvalue weighted by atomic mass is 19.4. The van der Waals surface area contributed by atoms with Gasteiger partial charge in [0.15, 0.2) is 23.1 Å². The van der Waals surface area contributed by atoms with Crippen molar-refractivity contribution in [3.05, 3.63) is 102 Å². The summed E-state index contributed by atoms with van der Waals surface area (Å²) < 4.78 is 51.9. The van der Waals surface area contributed by atoms with Crippen LogP contribution >= 0.6 is 0 Å². The molecule has 8 rings (SSSR count). The number of rotatable bonds is 13. The van der Waals surface area contributed by atoms with Gasteiger partial charge >= 0.3 is 12.1 Å². The first-order valence-electron chi connectivity index (χ1n) is 20.6. The van der Waals surface area contributed by atoms with Crippen LogP contribution < -0.4 is 25.8 Å². The Kier molecular flexibility index (Phi) is 12.5. The van der Waals surface area contributed by atoms with E-state index in [4.69, 9.17) is 19.4 Å². The number of amides is 2. The van der Waals surface area contributed by atoms with Crippen LogP contribution in [0.25, 0.3) is 11.2 Å². The predicted molar refractivity (Wildman–Crippen MR) is 222 cm³/mol. The second kappa shape index (κ2) is 18.3. The first-order chi connectivity index (χ1) is 30.0. The maximum absolute atomic E-state index is 13.4. The third kappa shape index (κ3) is 9.28. The van der Waals surface area contributed by atoms with Gasteiger partial charge in [0.25, 0.3) is 5.91 Å².